The van der Waals surface area contributed by atoms with Crippen LogP contribution in [0.5, 0.6) is 0 Å². The molecule has 10 heavy (non-hydrogen) atoms. The molecule has 0 amide bonds. The Morgan fingerprint density at radius 2 is 0.900 bits per heavy atom. The summed E-state index contributed by atoms with van der Waals surface area (Å²) in [4.78, 5) is 0. The number of hydrogen-bond acceptors (Lipinski definition) is 0. The summed E-state index contributed by atoms with van der Waals surface area (Å²) in [6.07, 6.45) is -11.0. The molecule has 0 aromatic rings. The van der Waals surface area contributed by atoms with Gasteiger partial charge in [0.25, 0.3) is 0 Å². The van der Waals surface area contributed by atoms with Crippen molar-refractivity contribution in [2.75, 3.05) is 0 Å². The Morgan fingerprint density at radius 1 is 0.700 bits per heavy atom. The predicted octanol–water partition coefficient (Wildman–Crippen LogP) is -0.596. The van der Waals surface area contributed by atoms with Crippen molar-refractivity contribution in [1.29, 1.82) is 0 Å². The van der Waals surface area contributed by atoms with E-state index in [1.807, 2.05) is 0 Å². The maximum Gasteiger partial charge on any atom is 1.00 e. The molecule has 0 fully saturated rings. The van der Waals surface area contributed by atoms with Gasteiger partial charge in [0.2, 0.25) is 0 Å². The van der Waals surface area contributed by atoms with Gasteiger partial charge in [-0.1, -0.05) is 0 Å². The van der Waals surface area contributed by atoms with Crippen LogP contribution in [0, 0.1) is 0 Å². The molecule has 0 radical (unpaired) electrons. The summed E-state index contributed by atoms with van der Waals surface area (Å²) >= 11 is 0. The minimum Gasteiger partial charge on any atom is -0.478 e. The van der Waals surface area contributed by atoms with Crippen molar-refractivity contribution in [2.45, 2.75) is 12.6 Å². The summed E-state index contributed by atoms with van der Waals surface area (Å²) in [5.74, 6) is 0. The summed E-state index contributed by atoms with van der Waals surface area (Å²) in [6, 6.07) is 0. The van der Waals surface area contributed by atoms with Crippen LogP contribution in [0.25, 0.3) is 5.32 Å². The summed E-state index contributed by atoms with van der Waals surface area (Å²) < 4.78 is 64.0. The third-order valence-electron chi connectivity index (χ3n) is 0.254. The molecule has 0 N–H and O–H groups in total. The van der Waals surface area contributed by atoms with Gasteiger partial charge < -0.3 is 5.32 Å². The minimum atomic E-state index is -5.52. The van der Waals surface area contributed by atoms with Crippen LogP contribution in [0.4, 0.5) is 26.3 Å². The molecule has 0 unspecified atom stereocenters. The SMILES string of the molecule is FC(F)(F)[N-]C(F)(F)F.[Cs+]. The van der Waals surface area contributed by atoms with Gasteiger partial charge in [0.15, 0.2) is 0 Å². The van der Waals surface area contributed by atoms with Gasteiger partial charge in [-0.25, -0.2) is 0 Å². The zero-order chi connectivity index (χ0) is 7.71. The van der Waals surface area contributed by atoms with Gasteiger partial charge in [-0.2, -0.15) is 26.3 Å². The molecule has 0 heterocycles. The van der Waals surface area contributed by atoms with E-state index in [1.165, 1.54) is 0 Å². The largest absolute Gasteiger partial charge is 1.00 e. The average molecular weight is 285 g/mol. The van der Waals surface area contributed by atoms with E-state index in [4.69, 9.17) is 0 Å². The van der Waals surface area contributed by atoms with Crippen molar-refractivity contribution in [3.05, 3.63) is 5.32 Å². The molecule has 0 aliphatic rings. The molecule has 0 aliphatic carbocycles. The topological polar surface area (TPSA) is 14.1 Å². The standard InChI is InChI=1S/C2F6N.Cs/c3-1(4,5)9-2(6,7)8;/q-1;+1. The van der Waals surface area contributed by atoms with E-state index >= 15 is 0 Å². The zero-order valence-electron chi connectivity index (χ0n) is 4.72. The van der Waals surface area contributed by atoms with Crippen LogP contribution in [0.15, 0.2) is 0 Å². The molecule has 0 aromatic carbocycles. The number of hydrogen-bond donors (Lipinski definition) is 0. The molecule has 0 aliphatic heterocycles. The Morgan fingerprint density at radius 3 is 0.900 bits per heavy atom. The van der Waals surface area contributed by atoms with Crippen molar-refractivity contribution in [2.24, 2.45) is 0 Å². The fourth-order valence-electron chi connectivity index (χ4n) is 0.144. The third-order valence-corrected chi connectivity index (χ3v) is 0.254. The van der Waals surface area contributed by atoms with Crippen LogP contribution >= 0.6 is 0 Å². The first-order valence-electron chi connectivity index (χ1n) is 1.58. The fraction of sp³-hybridized carbons (Fsp3) is 1.00. The molecule has 0 atom stereocenters. The van der Waals surface area contributed by atoms with Gasteiger partial charge in [-0.05, 0) is 0 Å². The van der Waals surface area contributed by atoms with Gasteiger partial charge in [-0.3, -0.25) is 0 Å². The monoisotopic (exact) mass is 285 g/mol. The number of alkyl halides is 6. The number of halogens is 6. The van der Waals surface area contributed by atoms with Gasteiger partial charge in [-0.15, -0.1) is 0 Å². The normalized spacial score (nSPS) is 12.6. The quantitative estimate of drug-likeness (QED) is 0.417. The van der Waals surface area contributed by atoms with Gasteiger partial charge >= 0.3 is 81.5 Å². The molecule has 1 nitrogen and oxygen atoms in total. The van der Waals surface area contributed by atoms with Crippen molar-refractivity contribution in [3.63, 3.8) is 0 Å². The van der Waals surface area contributed by atoms with Crippen molar-refractivity contribution < 1.29 is 95.2 Å². The molecule has 8 heteroatoms. The van der Waals surface area contributed by atoms with Crippen LogP contribution < -0.4 is 68.9 Å². The van der Waals surface area contributed by atoms with E-state index in [1.54, 1.807) is 0 Å². The van der Waals surface area contributed by atoms with E-state index in [9.17, 15) is 26.3 Å². The van der Waals surface area contributed by atoms with Crippen LogP contribution in [0.2, 0.25) is 0 Å². The molecule has 56 valence electrons. The first-order chi connectivity index (χ1) is 3.71. The predicted molar refractivity (Wildman–Crippen MR) is 15.5 cm³/mol. The molecular formula is C2CsF6N. The Bertz CT molecular complexity index is 80.9. The smallest absolute Gasteiger partial charge is 0.478 e. The number of rotatable bonds is 0. The van der Waals surface area contributed by atoms with Gasteiger partial charge in [0, 0.05) is 0 Å². The second kappa shape index (κ2) is 4.58. The number of nitrogens with zero attached hydrogens (tertiary/aromatic N) is 1. The van der Waals surface area contributed by atoms with E-state index in [-0.39, 0.29) is 68.9 Å². The van der Waals surface area contributed by atoms with Crippen molar-refractivity contribution in [1.82, 2.24) is 0 Å². The van der Waals surface area contributed by atoms with Crippen LogP contribution in [0.3, 0.4) is 0 Å². The maximum atomic E-state index is 10.7. The van der Waals surface area contributed by atoms with Crippen molar-refractivity contribution in [3.8, 4) is 0 Å². The molecule has 0 saturated carbocycles. The van der Waals surface area contributed by atoms with Crippen LogP contribution in [0.1, 0.15) is 0 Å². The molecule has 0 saturated heterocycles. The maximum absolute atomic E-state index is 10.7. The van der Waals surface area contributed by atoms with E-state index < -0.39 is 12.6 Å². The molecule has 0 spiro atoms. The van der Waals surface area contributed by atoms with E-state index in [2.05, 4.69) is 0 Å². The first kappa shape index (κ1) is 14.1. The van der Waals surface area contributed by atoms with Gasteiger partial charge in [0.05, 0.1) is 0 Å². The summed E-state index contributed by atoms with van der Waals surface area (Å²) in [7, 11) is 0. The zero-order valence-corrected chi connectivity index (χ0v) is 11.0. The first-order valence-corrected chi connectivity index (χ1v) is 1.58. The minimum absolute atomic E-state index is 0. The Balaban J connectivity index is 0. The fourth-order valence-corrected chi connectivity index (χ4v) is 0.144. The summed E-state index contributed by atoms with van der Waals surface area (Å²) in [6.45, 7) is 0. The summed E-state index contributed by atoms with van der Waals surface area (Å²) in [5, 5.41) is 0.542. The molecule has 0 rings (SSSR count). The Hall–Kier alpha value is 1.59. The molecular weight excluding hydrogens is 285 g/mol. The molecule has 0 aromatic heterocycles. The van der Waals surface area contributed by atoms with Gasteiger partial charge in [0.1, 0.15) is 0 Å². The summed E-state index contributed by atoms with van der Waals surface area (Å²) in [5.41, 5.74) is 0. The Labute approximate surface area is 111 Å². The molecule has 0 bridgehead atoms. The van der Waals surface area contributed by atoms with Crippen LogP contribution in [-0.2, 0) is 0 Å². The Kier molecular flexibility index (Phi) is 6.47. The second-order valence-electron chi connectivity index (χ2n) is 1.05. The van der Waals surface area contributed by atoms with E-state index in [0.717, 1.165) is 0 Å². The van der Waals surface area contributed by atoms with E-state index in [0.29, 0.717) is 5.32 Å². The third kappa shape index (κ3) is 12.3. The second-order valence-corrected chi connectivity index (χ2v) is 1.05. The van der Waals surface area contributed by atoms with Crippen molar-refractivity contribution >= 4 is 0 Å². The average Bonchev–Trinajstić information content (AvgIpc) is 1.14. The van der Waals surface area contributed by atoms with Crippen LogP contribution in [-0.4, -0.2) is 12.6 Å².